The Bertz CT molecular complexity index is 520. The Labute approximate surface area is 114 Å². The highest BCUT2D eigenvalue weighted by Gasteiger charge is 2.20. The number of hydrogen-bond donors (Lipinski definition) is 1. The minimum absolute atomic E-state index is 0.683. The second-order valence-electron chi connectivity index (χ2n) is 4.28. The average molecular weight is 340 g/mol. The van der Waals surface area contributed by atoms with E-state index in [0.29, 0.717) is 6.04 Å². The van der Waals surface area contributed by atoms with Gasteiger partial charge in [0.25, 0.3) is 0 Å². The van der Waals surface area contributed by atoms with Crippen molar-refractivity contribution in [2.45, 2.75) is 25.4 Å². The van der Waals surface area contributed by atoms with Gasteiger partial charge in [-0.2, -0.15) is 0 Å². The molecule has 1 N–H and O–H groups in total. The highest BCUT2D eigenvalue weighted by molar-refractivity contribution is 14.1. The molecule has 1 aliphatic carbocycles. The number of rotatable bonds is 4. The van der Waals surface area contributed by atoms with E-state index in [1.54, 1.807) is 6.20 Å². The Morgan fingerprint density at radius 1 is 1.41 bits per heavy atom. The van der Waals surface area contributed by atoms with E-state index >= 15 is 0 Å². The van der Waals surface area contributed by atoms with Crippen LogP contribution in [0.15, 0.2) is 34.9 Å². The fourth-order valence-corrected chi connectivity index (χ4v) is 2.23. The number of nitrogens with one attached hydrogen (secondary N) is 1. The fraction of sp³-hybridized carbons (Fsp3) is 0.308. The number of nitrogens with zero attached hydrogens (tertiary/aromatic N) is 1. The zero-order chi connectivity index (χ0) is 11.7. The maximum absolute atomic E-state index is 5.73. The molecule has 1 aromatic carbocycles. The molecule has 17 heavy (non-hydrogen) atoms. The highest BCUT2D eigenvalue weighted by atomic mass is 127. The summed E-state index contributed by atoms with van der Waals surface area (Å²) in [5.74, 6) is 1.61. The van der Waals surface area contributed by atoms with Gasteiger partial charge in [0.2, 0.25) is 5.89 Å². The molecule has 3 rings (SSSR count). The number of benzene rings is 1. The van der Waals surface area contributed by atoms with E-state index in [-0.39, 0.29) is 0 Å². The molecule has 0 unspecified atom stereocenters. The molecule has 0 bridgehead atoms. The Morgan fingerprint density at radius 2 is 2.29 bits per heavy atom. The molecule has 2 aromatic rings. The van der Waals surface area contributed by atoms with Crippen molar-refractivity contribution in [1.82, 2.24) is 10.3 Å². The first-order valence-electron chi connectivity index (χ1n) is 5.75. The summed E-state index contributed by atoms with van der Waals surface area (Å²) in [5, 5.41) is 3.39. The molecule has 1 saturated carbocycles. The monoisotopic (exact) mass is 340 g/mol. The number of aromatic nitrogens is 1. The molecule has 0 radical (unpaired) electrons. The molecule has 1 fully saturated rings. The van der Waals surface area contributed by atoms with Crippen molar-refractivity contribution < 1.29 is 4.42 Å². The van der Waals surface area contributed by atoms with E-state index in [1.807, 2.05) is 12.1 Å². The molecule has 1 heterocycles. The Morgan fingerprint density at radius 3 is 3.06 bits per heavy atom. The molecule has 0 aliphatic heterocycles. The molecule has 3 nitrogen and oxygen atoms in total. The zero-order valence-corrected chi connectivity index (χ0v) is 11.5. The number of oxazole rings is 1. The normalized spacial score (nSPS) is 15.1. The fourth-order valence-electron chi connectivity index (χ4n) is 1.69. The molecule has 1 aliphatic rings. The SMILES string of the molecule is Ic1cccc(-c2cnc(CNC3CC3)o2)c1. The maximum atomic E-state index is 5.73. The first kappa shape index (κ1) is 11.2. The molecule has 0 amide bonds. The maximum Gasteiger partial charge on any atom is 0.208 e. The van der Waals surface area contributed by atoms with E-state index in [2.05, 4.69) is 45.0 Å². The first-order valence-corrected chi connectivity index (χ1v) is 6.83. The Balaban J connectivity index is 1.74. The molecule has 88 valence electrons. The second-order valence-corrected chi connectivity index (χ2v) is 5.53. The standard InChI is InChI=1S/C13H13IN2O/c14-10-3-1-2-9(6-10)12-7-16-13(17-12)8-15-11-4-5-11/h1-3,6-7,11,15H,4-5,8H2. The van der Waals surface area contributed by atoms with Crippen LogP contribution in [0.2, 0.25) is 0 Å². The van der Waals surface area contributed by atoms with Gasteiger partial charge in [0.1, 0.15) is 0 Å². The van der Waals surface area contributed by atoms with Crippen molar-refractivity contribution in [3.05, 3.63) is 39.9 Å². The Kier molecular flexibility index (Phi) is 3.15. The van der Waals surface area contributed by atoms with E-state index in [0.717, 1.165) is 23.8 Å². The van der Waals surface area contributed by atoms with Gasteiger partial charge in [-0.3, -0.25) is 0 Å². The van der Waals surface area contributed by atoms with E-state index in [4.69, 9.17) is 4.42 Å². The van der Waals surface area contributed by atoms with Gasteiger partial charge in [-0.05, 0) is 47.6 Å². The van der Waals surface area contributed by atoms with Crippen molar-refractivity contribution in [2.24, 2.45) is 0 Å². The van der Waals surface area contributed by atoms with Crippen LogP contribution in [-0.4, -0.2) is 11.0 Å². The lowest BCUT2D eigenvalue weighted by Crippen LogP contribution is -2.15. The summed E-state index contributed by atoms with van der Waals surface area (Å²) in [4.78, 5) is 4.29. The van der Waals surface area contributed by atoms with Crippen molar-refractivity contribution in [3.8, 4) is 11.3 Å². The van der Waals surface area contributed by atoms with Gasteiger partial charge in [0.15, 0.2) is 5.76 Å². The third-order valence-electron chi connectivity index (χ3n) is 2.78. The van der Waals surface area contributed by atoms with Crippen LogP contribution in [-0.2, 0) is 6.54 Å². The van der Waals surface area contributed by atoms with Gasteiger partial charge in [0, 0.05) is 15.2 Å². The van der Waals surface area contributed by atoms with Crippen LogP contribution in [0.5, 0.6) is 0 Å². The van der Waals surface area contributed by atoms with E-state index in [9.17, 15) is 0 Å². The lowest BCUT2D eigenvalue weighted by atomic mass is 10.2. The average Bonchev–Trinajstić information content (AvgIpc) is 3.04. The zero-order valence-electron chi connectivity index (χ0n) is 9.32. The second kappa shape index (κ2) is 4.78. The topological polar surface area (TPSA) is 38.1 Å². The minimum Gasteiger partial charge on any atom is -0.439 e. The van der Waals surface area contributed by atoms with Gasteiger partial charge >= 0.3 is 0 Å². The van der Waals surface area contributed by atoms with Crippen LogP contribution in [0.3, 0.4) is 0 Å². The molecule has 0 saturated heterocycles. The minimum atomic E-state index is 0.683. The predicted molar refractivity (Wildman–Crippen MR) is 74.5 cm³/mol. The van der Waals surface area contributed by atoms with Crippen molar-refractivity contribution in [1.29, 1.82) is 0 Å². The summed E-state index contributed by atoms with van der Waals surface area (Å²) in [7, 11) is 0. The quantitative estimate of drug-likeness (QED) is 0.869. The van der Waals surface area contributed by atoms with Crippen LogP contribution in [0, 0.1) is 3.57 Å². The predicted octanol–water partition coefficient (Wildman–Crippen LogP) is 3.20. The smallest absolute Gasteiger partial charge is 0.208 e. The van der Waals surface area contributed by atoms with Gasteiger partial charge in [0.05, 0.1) is 12.7 Å². The van der Waals surface area contributed by atoms with E-state index < -0.39 is 0 Å². The van der Waals surface area contributed by atoms with Crippen LogP contribution < -0.4 is 5.32 Å². The molecule has 0 atom stereocenters. The van der Waals surface area contributed by atoms with Gasteiger partial charge in [-0.25, -0.2) is 4.98 Å². The third kappa shape index (κ3) is 2.87. The van der Waals surface area contributed by atoms with Crippen LogP contribution in [0.25, 0.3) is 11.3 Å². The third-order valence-corrected chi connectivity index (χ3v) is 3.45. The van der Waals surface area contributed by atoms with Crippen molar-refractivity contribution in [2.75, 3.05) is 0 Å². The molecular formula is C13H13IN2O. The molecule has 0 spiro atoms. The van der Waals surface area contributed by atoms with Crippen molar-refractivity contribution >= 4 is 22.6 Å². The largest absolute Gasteiger partial charge is 0.439 e. The summed E-state index contributed by atoms with van der Waals surface area (Å²) in [6, 6.07) is 8.92. The highest BCUT2D eigenvalue weighted by Crippen LogP contribution is 2.23. The van der Waals surface area contributed by atoms with Crippen molar-refractivity contribution in [3.63, 3.8) is 0 Å². The Hall–Kier alpha value is -0.880. The molecule has 4 heteroatoms. The summed E-state index contributed by atoms with van der Waals surface area (Å²) in [6.07, 6.45) is 4.37. The van der Waals surface area contributed by atoms with Crippen LogP contribution in [0.4, 0.5) is 0 Å². The van der Waals surface area contributed by atoms with Crippen LogP contribution >= 0.6 is 22.6 Å². The van der Waals surface area contributed by atoms with E-state index in [1.165, 1.54) is 16.4 Å². The first-order chi connectivity index (χ1) is 8.31. The molecule has 1 aromatic heterocycles. The summed E-state index contributed by atoms with van der Waals surface area (Å²) in [6.45, 7) is 0.731. The van der Waals surface area contributed by atoms with Gasteiger partial charge < -0.3 is 9.73 Å². The number of halogens is 1. The lowest BCUT2D eigenvalue weighted by molar-refractivity contribution is 0.476. The number of hydrogen-bond acceptors (Lipinski definition) is 3. The molecular weight excluding hydrogens is 327 g/mol. The summed E-state index contributed by atoms with van der Waals surface area (Å²) >= 11 is 2.30. The lowest BCUT2D eigenvalue weighted by Gasteiger charge is -1.98. The summed E-state index contributed by atoms with van der Waals surface area (Å²) in [5.41, 5.74) is 1.09. The van der Waals surface area contributed by atoms with Gasteiger partial charge in [-0.1, -0.05) is 12.1 Å². The summed E-state index contributed by atoms with van der Waals surface area (Å²) < 4.78 is 6.93. The van der Waals surface area contributed by atoms with Crippen LogP contribution in [0.1, 0.15) is 18.7 Å². The van der Waals surface area contributed by atoms with Gasteiger partial charge in [-0.15, -0.1) is 0 Å².